The molecule has 2 rings (SSSR count). The molecule has 0 atom stereocenters. The summed E-state index contributed by atoms with van der Waals surface area (Å²) in [6.07, 6.45) is -0.0747. The number of ether oxygens (including phenoxy) is 2. The Morgan fingerprint density at radius 2 is 1.95 bits per heavy atom. The largest absolute Gasteiger partial charge is 0.490 e. The molecule has 0 amide bonds. The van der Waals surface area contributed by atoms with Crippen molar-refractivity contribution in [1.29, 1.82) is 0 Å². The number of nitrogens with zero attached hydrogens (tertiary/aromatic N) is 1. The number of fused-ring (bicyclic) bond motifs is 1. The van der Waals surface area contributed by atoms with E-state index in [1.165, 1.54) is 13.2 Å². The molecule has 0 bridgehead atoms. The molecular formula is C14H12BrCl2NO3. The smallest absolute Gasteiger partial charge is 0.356 e. The van der Waals surface area contributed by atoms with Crippen molar-refractivity contribution in [3.05, 3.63) is 32.3 Å². The molecule has 1 aromatic heterocycles. The molecule has 0 aliphatic heterocycles. The Kier molecular flexibility index (Phi) is 4.96. The number of carbonyl (C=O) groups excluding carboxylic acids is 1. The summed E-state index contributed by atoms with van der Waals surface area (Å²) >= 11 is 15.7. The van der Waals surface area contributed by atoms with E-state index in [1.807, 2.05) is 13.8 Å². The number of methoxy groups -OCH3 is 1. The first-order valence-electron chi connectivity index (χ1n) is 6.08. The Labute approximate surface area is 140 Å². The lowest BCUT2D eigenvalue weighted by Gasteiger charge is -2.15. The van der Waals surface area contributed by atoms with E-state index in [0.717, 1.165) is 0 Å². The van der Waals surface area contributed by atoms with Crippen LogP contribution in [-0.4, -0.2) is 24.2 Å². The second kappa shape index (κ2) is 6.38. The molecular weight excluding hydrogens is 381 g/mol. The van der Waals surface area contributed by atoms with Crippen molar-refractivity contribution in [2.24, 2.45) is 0 Å². The first kappa shape index (κ1) is 16.3. The van der Waals surface area contributed by atoms with Crippen LogP contribution in [0.4, 0.5) is 0 Å². The van der Waals surface area contributed by atoms with Crippen LogP contribution in [0, 0.1) is 0 Å². The summed E-state index contributed by atoms with van der Waals surface area (Å²) in [6, 6.07) is 3.29. The summed E-state index contributed by atoms with van der Waals surface area (Å²) in [5.74, 6) is -0.0738. The van der Waals surface area contributed by atoms with Crippen LogP contribution in [0.1, 0.15) is 24.3 Å². The van der Waals surface area contributed by atoms with Gasteiger partial charge in [-0.3, -0.25) is 0 Å². The zero-order valence-corrected chi connectivity index (χ0v) is 14.6. The Bertz CT molecular complexity index is 719. The van der Waals surface area contributed by atoms with Crippen LogP contribution in [0.25, 0.3) is 10.9 Å². The van der Waals surface area contributed by atoms with Gasteiger partial charge in [-0.25, -0.2) is 9.78 Å². The zero-order chi connectivity index (χ0) is 15.7. The molecule has 0 unspecified atom stereocenters. The fraction of sp³-hybridized carbons (Fsp3) is 0.286. The molecule has 2 aromatic rings. The molecule has 0 aliphatic carbocycles. The van der Waals surface area contributed by atoms with Crippen molar-refractivity contribution in [3.63, 3.8) is 0 Å². The van der Waals surface area contributed by atoms with E-state index < -0.39 is 5.97 Å². The topological polar surface area (TPSA) is 48.4 Å². The van der Waals surface area contributed by atoms with Gasteiger partial charge < -0.3 is 9.47 Å². The fourth-order valence-corrected chi connectivity index (χ4v) is 2.73. The third-order valence-electron chi connectivity index (χ3n) is 2.66. The molecule has 21 heavy (non-hydrogen) atoms. The minimum Gasteiger partial charge on any atom is -0.490 e. The molecule has 0 saturated heterocycles. The SMILES string of the molecule is COC(=O)c1cc(OC(C)C)c2cc(Br)c(Cl)c(Cl)c2n1. The monoisotopic (exact) mass is 391 g/mol. The second-order valence-corrected chi connectivity index (χ2v) is 6.16. The number of hydrogen-bond acceptors (Lipinski definition) is 4. The van der Waals surface area contributed by atoms with Crippen LogP contribution in [0.3, 0.4) is 0 Å². The second-order valence-electron chi connectivity index (χ2n) is 4.55. The molecule has 0 saturated carbocycles. The Morgan fingerprint density at radius 3 is 2.52 bits per heavy atom. The summed E-state index contributed by atoms with van der Waals surface area (Å²) < 4.78 is 11.1. The number of benzene rings is 1. The molecule has 0 radical (unpaired) electrons. The van der Waals surface area contributed by atoms with Crippen molar-refractivity contribution in [1.82, 2.24) is 4.98 Å². The van der Waals surface area contributed by atoms with Gasteiger partial charge in [0.15, 0.2) is 5.69 Å². The molecule has 1 heterocycles. The molecule has 0 fully saturated rings. The lowest BCUT2D eigenvalue weighted by molar-refractivity contribution is 0.0593. The lowest BCUT2D eigenvalue weighted by atomic mass is 10.1. The minimum absolute atomic E-state index is 0.0747. The molecule has 1 aromatic carbocycles. The van der Waals surface area contributed by atoms with E-state index in [4.69, 9.17) is 32.7 Å². The van der Waals surface area contributed by atoms with Gasteiger partial charge in [-0.1, -0.05) is 23.2 Å². The van der Waals surface area contributed by atoms with Gasteiger partial charge in [0.1, 0.15) is 5.75 Å². The van der Waals surface area contributed by atoms with E-state index >= 15 is 0 Å². The molecule has 0 spiro atoms. The Morgan fingerprint density at radius 1 is 1.29 bits per heavy atom. The highest BCUT2D eigenvalue weighted by molar-refractivity contribution is 9.10. The number of carbonyl (C=O) groups is 1. The van der Waals surface area contributed by atoms with Gasteiger partial charge in [0.2, 0.25) is 0 Å². The van der Waals surface area contributed by atoms with Crippen molar-refractivity contribution in [2.45, 2.75) is 20.0 Å². The molecule has 4 nitrogen and oxygen atoms in total. The number of aromatic nitrogens is 1. The van der Waals surface area contributed by atoms with Crippen LogP contribution < -0.4 is 4.74 Å². The standard InChI is InChI=1S/C14H12BrCl2NO3/c1-6(2)21-10-5-9(14(19)20-3)18-13-7(10)4-8(15)11(16)12(13)17/h4-6H,1-3H3. The van der Waals surface area contributed by atoms with Gasteiger partial charge in [0.05, 0.1) is 28.8 Å². The normalized spacial score (nSPS) is 11.0. The number of hydrogen-bond donors (Lipinski definition) is 0. The van der Waals surface area contributed by atoms with Gasteiger partial charge in [-0.05, 0) is 35.8 Å². The van der Waals surface area contributed by atoms with E-state index in [1.54, 1.807) is 6.07 Å². The van der Waals surface area contributed by atoms with Gasteiger partial charge in [-0.15, -0.1) is 0 Å². The van der Waals surface area contributed by atoms with Crippen molar-refractivity contribution >= 4 is 56.0 Å². The summed E-state index contributed by atoms with van der Waals surface area (Å²) in [4.78, 5) is 16.0. The average molecular weight is 393 g/mol. The molecule has 7 heteroatoms. The first-order valence-corrected chi connectivity index (χ1v) is 7.63. The number of esters is 1. The first-order chi connectivity index (χ1) is 9.85. The van der Waals surface area contributed by atoms with E-state index in [-0.39, 0.29) is 16.8 Å². The van der Waals surface area contributed by atoms with Crippen molar-refractivity contribution < 1.29 is 14.3 Å². The predicted molar refractivity (Wildman–Crippen MR) is 86.6 cm³/mol. The van der Waals surface area contributed by atoms with Crippen LogP contribution in [-0.2, 0) is 4.74 Å². The summed E-state index contributed by atoms with van der Waals surface area (Å²) in [5, 5.41) is 1.24. The third kappa shape index (κ3) is 3.25. The van der Waals surface area contributed by atoms with Gasteiger partial charge in [0, 0.05) is 15.9 Å². The highest BCUT2D eigenvalue weighted by atomic mass is 79.9. The lowest BCUT2D eigenvalue weighted by Crippen LogP contribution is -2.10. The number of halogens is 3. The average Bonchev–Trinajstić information content (AvgIpc) is 2.44. The highest BCUT2D eigenvalue weighted by Crippen LogP contribution is 2.40. The van der Waals surface area contributed by atoms with E-state index in [0.29, 0.717) is 26.1 Å². The van der Waals surface area contributed by atoms with Gasteiger partial charge >= 0.3 is 5.97 Å². The summed E-state index contributed by atoms with van der Waals surface area (Å²) in [6.45, 7) is 3.77. The van der Waals surface area contributed by atoms with Crippen LogP contribution >= 0.6 is 39.1 Å². The van der Waals surface area contributed by atoms with Crippen LogP contribution in [0.15, 0.2) is 16.6 Å². The molecule has 0 N–H and O–H groups in total. The van der Waals surface area contributed by atoms with E-state index in [2.05, 4.69) is 20.9 Å². The third-order valence-corrected chi connectivity index (χ3v) is 4.37. The van der Waals surface area contributed by atoms with Gasteiger partial charge in [0.25, 0.3) is 0 Å². The van der Waals surface area contributed by atoms with Crippen molar-refractivity contribution in [2.75, 3.05) is 7.11 Å². The predicted octanol–water partition coefficient (Wildman–Crippen LogP) is 4.88. The van der Waals surface area contributed by atoms with Crippen molar-refractivity contribution in [3.8, 4) is 5.75 Å². The highest BCUT2D eigenvalue weighted by Gasteiger charge is 2.19. The number of pyridine rings is 1. The summed E-state index contributed by atoms with van der Waals surface area (Å²) in [7, 11) is 1.29. The van der Waals surface area contributed by atoms with Crippen LogP contribution in [0.5, 0.6) is 5.75 Å². The zero-order valence-electron chi connectivity index (χ0n) is 11.5. The van der Waals surface area contributed by atoms with E-state index in [9.17, 15) is 4.79 Å². The quantitative estimate of drug-likeness (QED) is 0.551. The maximum atomic E-state index is 11.7. The maximum Gasteiger partial charge on any atom is 0.356 e. The number of rotatable bonds is 3. The molecule has 112 valence electrons. The fourth-order valence-electron chi connectivity index (χ4n) is 1.80. The minimum atomic E-state index is -0.569. The maximum absolute atomic E-state index is 11.7. The van der Waals surface area contributed by atoms with Gasteiger partial charge in [-0.2, -0.15) is 0 Å². The van der Waals surface area contributed by atoms with Crippen LogP contribution in [0.2, 0.25) is 10.0 Å². The molecule has 0 aliphatic rings. The Balaban J connectivity index is 2.80. The Hall–Kier alpha value is -1.04. The summed E-state index contributed by atoms with van der Waals surface area (Å²) in [5.41, 5.74) is 0.504.